The number of carbonyl (C=O) groups is 4. The van der Waals surface area contributed by atoms with E-state index in [1.165, 1.54) is 21.9 Å². The third-order valence-electron chi connectivity index (χ3n) is 9.46. The molecular formula is C45H47NO9S. The van der Waals surface area contributed by atoms with Gasteiger partial charge in [0, 0.05) is 55.8 Å². The minimum absolute atomic E-state index is 0.163. The van der Waals surface area contributed by atoms with Gasteiger partial charge in [-0.1, -0.05) is 42.5 Å². The molecule has 1 aliphatic heterocycles. The highest BCUT2D eigenvalue weighted by molar-refractivity contribution is 7.22. The van der Waals surface area contributed by atoms with E-state index >= 15 is 0 Å². The first kappa shape index (κ1) is 40.3. The Morgan fingerprint density at radius 1 is 0.821 bits per heavy atom. The first-order chi connectivity index (χ1) is 27.2. The summed E-state index contributed by atoms with van der Waals surface area (Å²) in [7, 11) is 0. The topological polar surface area (TPSA) is 118 Å². The molecule has 10 nitrogen and oxygen atoms in total. The van der Waals surface area contributed by atoms with Crippen LogP contribution >= 0.6 is 11.3 Å². The molecule has 4 aromatic rings. The lowest BCUT2D eigenvalue weighted by molar-refractivity contribution is -0.132. The first-order valence-electron chi connectivity index (χ1n) is 19.0. The summed E-state index contributed by atoms with van der Waals surface area (Å²) in [6, 6.07) is 18.7. The number of aryl methyl sites for hydroxylation is 2. The molecule has 0 saturated heterocycles. The number of allylic oxidation sites excluding steroid dienone is 3. The minimum atomic E-state index is -0.891. The van der Waals surface area contributed by atoms with Gasteiger partial charge in [0.1, 0.15) is 17.3 Å². The molecule has 1 unspecified atom stereocenters. The second-order valence-electron chi connectivity index (χ2n) is 13.8. The third-order valence-corrected chi connectivity index (χ3v) is 10.6. The summed E-state index contributed by atoms with van der Waals surface area (Å²) in [5.74, 6) is 0.354. The highest BCUT2D eigenvalue weighted by atomic mass is 32.1. The summed E-state index contributed by atoms with van der Waals surface area (Å²) in [5.41, 5.74) is 4.00. The molecule has 1 aromatic heterocycles. The SMILES string of the molecule is C=C/C(=C\C=C\Oc1c(-c2ccc(C)cc2)sc2cc(C)ccc12)OCCCOCCCOCCCOc1ccc2c(c1)C(=O)N(C1CCC(=O)CC1=O)C2=O. The van der Waals surface area contributed by atoms with Crippen molar-refractivity contribution in [3.63, 3.8) is 0 Å². The smallest absolute Gasteiger partial charge is 0.262 e. The van der Waals surface area contributed by atoms with E-state index in [4.69, 9.17) is 23.7 Å². The van der Waals surface area contributed by atoms with Gasteiger partial charge in [-0.15, -0.1) is 11.3 Å². The van der Waals surface area contributed by atoms with Crippen LogP contribution in [-0.2, 0) is 23.8 Å². The quantitative estimate of drug-likeness (QED) is 0.0286. The average Bonchev–Trinajstić information content (AvgIpc) is 3.66. The molecule has 56 heavy (non-hydrogen) atoms. The summed E-state index contributed by atoms with van der Waals surface area (Å²) in [4.78, 5) is 52.0. The Bertz CT molecular complexity index is 2130. The van der Waals surface area contributed by atoms with Gasteiger partial charge in [0.05, 0.1) is 47.9 Å². The Morgan fingerprint density at radius 3 is 2.25 bits per heavy atom. The lowest BCUT2D eigenvalue weighted by Crippen LogP contribution is -2.47. The van der Waals surface area contributed by atoms with Crippen molar-refractivity contribution in [1.82, 2.24) is 4.90 Å². The molecule has 2 amide bonds. The van der Waals surface area contributed by atoms with Crippen molar-refractivity contribution in [1.29, 1.82) is 0 Å². The molecular weight excluding hydrogens is 731 g/mol. The van der Waals surface area contributed by atoms with E-state index in [2.05, 4.69) is 62.9 Å². The molecule has 0 spiro atoms. The number of ether oxygens (including phenoxy) is 5. The second-order valence-corrected chi connectivity index (χ2v) is 14.8. The summed E-state index contributed by atoms with van der Waals surface area (Å²) >= 11 is 1.73. The van der Waals surface area contributed by atoms with Crippen LogP contribution in [0.4, 0.5) is 0 Å². The largest absolute Gasteiger partial charge is 0.494 e. The van der Waals surface area contributed by atoms with Crippen LogP contribution in [0.1, 0.15) is 70.4 Å². The Kier molecular flexibility index (Phi) is 14.0. The van der Waals surface area contributed by atoms with Crippen molar-refractivity contribution in [2.75, 3.05) is 39.6 Å². The molecule has 2 heterocycles. The predicted octanol–water partition coefficient (Wildman–Crippen LogP) is 8.73. The maximum atomic E-state index is 13.0. The van der Waals surface area contributed by atoms with Gasteiger partial charge >= 0.3 is 0 Å². The van der Waals surface area contributed by atoms with Crippen LogP contribution < -0.4 is 9.47 Å². The van der Waals surface area contributed by atoms with Crippen LogP contribution in [-0.4, -0.2) is 74.0 Å². The maximum Gasteiger partial charge on any atom is 0.262 e. The van der Waals surface area contributed by atoms with E-state index in [0.29, 0.717) is 57.6 Å². The molecule has 1 fully saturated rings. The number of fused-ring (bicyclic) bond motifs is 2. The van der Waals surface area contributed by atoms with Gasteiger partial charge in [0.15, 0.2) is 11.5 Å². The van der Waals surface area contributed by atoms with Gasteiger partial charge in [-0.3, -0.25) is 24.1 Å². The molecule has 1 atom stereocenters. The van der Waals surface area contributed by atoms with Gasteiger partial charge in [-0.05, 0) is 86.4 Å². The molecule has 0 radical (unpaired) electrons. The standard InChI is InChI=1S/C45H47NO9S/c1-4-34(9-5-24-55-42-37-17-12-31(3)27-41(37)56-43(42)32-13-10-30(2)11-14-32)53-25-7-22-51-20-6-21-52-23-8-26-54-35-16-18-36-38(29-35)45(50)46(44(36)49)39-19-15-33(47)28-40(39)48/h4-5,9-14,16-18,24,27,29,39H,1,6-8,15,19-23,25-26,28H2,2-3H3/b24-5+,34-9+. The van der Waals surface area contributed by atoms with Crippen LogP contribution in [0.5, 0.6) is 11.5 Å². The molecule has 3 aromatic carbocycles. The Morgan fingerprint density at radius 2 is 1.52 bits per heavy atom. The van der Waals surface area contributed by atoms with Crippen molar-refractivity contribution < 1.29 is 42.9 Å². The number of carbonyl (C=O) groups excluding carboxylic acids is 4. The lowest BCUT2D eigenvalue weighted by atomic mass is 9.92. The Labute approximate surface area is 331 Å². The van der Waals surface area contributed by atoms with Gasteiger partial charge < -0.3 is 23.7 Å². The van der Waals surface area contributed by atoms with Crippen LogP contribution in [0.3, 0.4) is 0 Å². The molecule has 0 N–H and O–H groups in total. The normalized spacial score (nSPS) is 15.9. The highest BCUT2D eigenvalue weighted by Gasteiger charge is 2.44. The van der Waals surface area contributed by atoms with Crippen LogP contribution in [0, 0.1) is 13.8 Å². The summed E-state index contributed by atoms with van der Waals surface area (Å²) in [6.45, 7) is 11.1. The van der Waals surface area contributed by atoms with Crippen molar-refractivity contribution in [3.8, 4) is 21.9 Å². The molecule has 6 rings (SSSR count). The minimum Gasteiger partial charge on any atom is -0.494 e. The number of hydrogen-bond donors (Lipinski definition) is 0. The van der Waals surface area contributed by atoms with Gasteiger partial charge in [-0.25, -0.2) is 0 Å². The predicted molar refractivity (Wildman–Crippen MR) is 216 cm³/mol. The monoisotopic (exact) mass is 777 g/mol. The van der Waals surface area contributed by atoms with Crippen LogP contribution in [0.25, 0.3) is 20.5 Å². The number of hydrogen-bond acceptors (Lipinski definition) is 10. The number of benzene rings is 3. The number of imide groups is 1. The number of nitrogens with zero attached hydrogens (tertiary/aromatic N) is 1. The zero-order valence-corrected chi connectivity index (χ0v) is 32.7. The molecule has 292 valence electrons. The molecule has 1 saturated carbocycles. The number of amides is 2. The van der Waals surface area contributed by atoms with Crippen molar-refractivity contribution in [2.24, 2.45) is 0 Å². The zero-order valence-electron chi connectivity index (χ0n) is 31.9. The summed E-state index contributed by atoms with van der Waals surface area (Å²) in [5, 5.41) is 1.08. The van der Waals surface area contributed by atoms with E-state index < -0.39 is 23.6 Å². The average molecular weight is 778 g/mol. The van der Waals surface area contributed by atoms with E-state index in [-0.39, 0.29) is 36.2 Å². The van der Waals surface area contributed by atoms with E-state index in [0.717, 1.165) is 39.3 Å². The molecule has 0 bridgehead atoms. The summed E-state index contributed by atoms with van der Waals surface area (Å²) < 4.78 is 30.5. The van der Waals surface area contributed by atoms with E-state index in [1.54, 1.807) is 35.8 Å². The number of rotatable bonds is 20. The third kappa shape index (κ3) is 10.1. The first-order valence-corrected chi connectivity index (χ1v) is 19.8. The van der Waals surface area contributed by atoms with Gasteiger partial charge in [0.25, 0.3) is 11.8 Å². The Balaban J connectivity index is 0.824. The fourth-order valence-corrected chi connectivity index (χ4v) is 7.76. The number of Topliss-reactive ketones (excluding diaryl/α,β-unsaturated/α-hetero) is 2. The summed E-state index contributed by atoms with van der Waals surface area (Å²) in [6.07, 6.45) is 9.22. The van der Waals surface area contributed by atoms with Crippen molar-refractivity contribution in [3.05, 3.63) is 120 Å². The van der Waals surface area contributed by atoms with Crippen LogP contribution in [0.2, 0.25) is 0 Å². The van der Waals surface area contributed by atoms with Crippen LogP contribution in [0.15, 0.2) is 97.5 Å². The number of ketones is 2. The van der Waals surface area contributed by atoms with Crippen molar-refractivity contribution in [2.45, 2.75) is 58.4 Å². The Hall–Kier alpha value is -5.36. The van der Waals surface area contributed by atoms with E-state index in [9.17, 15) is 19.2 Å². The fraction of sp³-hybridized carbons (Fsp3) is 0.333. The zero-order chi connectivity index (χ0) is 39.4. The highest BCUT2D eigenvalue weighted by Crippen LogP contribution is 2.45. The fourth-order valence-electron chi connectivity index (χ4n) is 6.52. The maximum absolute atomic E-state index is 13.0. The van der Waals surface area contributed by atoms with Gasteiger partial charge in [0.2, 0.25) is 0 Å². The van der Waals surface area contributed by atoms with E-state index in [1.807, 2.05) is 12.2 Å². The molecule has 11 heteroatoms. The molecule has 1 aliphatic carbocycles. The van der Waals surface area contributed by atoms with Gasteiger partial charge in [-0.2, -0.15) is 0 Å². The molecule has 2 aliphatic rings. The number of thiophene rings is 1. The second kappa shape index (κ2) is 19.5. The lowest BCUT2D eigenvalue weighted by Gasteiger charge is -2.27. The van der Waals surface area contributed by atoms with Crippen molar-refractivity contribution >= 4 is 44.8 Å².